The predicted octanol–water partition coefficient (Wildman–Crippen LogP) is 4.78. The van der Waals surface area contributed by atoms with E-state index in [4.69, 9.17) is 34.8 Å². The second-order valence-corrected chi connectivity index (χ2v) is 5.71. The van der Waals surface area contributed by atoms with Gasteiger partial charge in [0.15, 0.2) is 0 Å². The van der Waals surface area contributed by atoms with Crippen molar-refractivity contribution in [3.05, 3.63) is 39.5 Å². The van der Waals surface area contributed by atoms with E-state index in [0.29, 0.717) is 26.5 Å². The van der Waals surface area contributed by atoms with Crippen molar-refractivity contribution in [2.45, 2.75) is 13.8 Å². The van der Waals surface area contributed by atoms with Gasteiger partial charge >= 0.3 is 0 Å². The number of halogens is 3. The maximum absolute atomic E-state index is 12.2. The summed E-state index contributed by atoms with van der Waals surface area (Å²) in [6.45, 7) is 7.79. The quantitative estimate of drug-likeness (QED) is 0.731. The number of carbonyl (C=O) groups excluding carboxylic acids is 1. The van der Waals surface area contributed by atoms with Crippen LogP contribution in [0.25, 0.3) is 0 Å². The third-order valence-corrected chi connectivity index (χ3v) is 4.17. The number of hydrogen-bond acceptors (Lipinski definition) is 1. The molecule has 1 fully saturated rings. The Labute approximate surface area is 121 Å². The molecular weight excluding hydrogens is 293 g/mol. The van der Waals surface area contributed by atoms with Gasteiger partial charge in [0, 0.05) is 22.6 Å². The molecule has 1 aromatic carbocycles. The standard InChI is InChI=1S/C13H12Cl3NO/c1-6-7(2)13(18)17(8(6)3)12-10(15)4-9(14)5-11(12)16/h4-7H,3H2,1-2H3. The van der Waals surface area contributed by atoms with E-state index in [2.05, 4.69) is 6.58 Å². The van der Waals surface area contributed by atoms with Crippen molar-refractivity contribution in [3.8, 4) is 0 Å². The van der Waals surface area contributed by atoms with Gasteiger partial charge < -0.3 is 0 Å². The highest BCUT2D eigenvalue weighted by molar-refractivity contribution is 6.42. The summed E-state index contributed by atoms with van der Waals surface area (Å²) >= 11 is 18.1. The number of amides is 1. The van der Waals surface area contributed by atoms with Crippen LogP contribution in [0.5, 0.6) is 0 Å². The van der Waals surface area contributed by atoms with Crippen molar-refractivity contribution in [2.24, 2.45) is 11.8 Å². The van der Waals surface area contributed by atoms with E-state index in [9.17, 15) is 4.79 Å². The van der Waals surface area contributed by atoms with Crippen LogP contribution in [0.4, 0.5) is 5.69 Å². The van der Waals surface area contributed by atoms with Gasteiger partial charge in [0.25, 0.3) is 0 Å². The van der Waals surface area contributed by atoms with E-state index < -0.39 is 0 Å². The second kappa shape index (κ2) is 4.76. The fraction of sp³-hybridized carbons (Fsp3) is 0.308. The van der Waals surface area contributed by atoms with Gasteiger partial charge in [-0.25, -0.2) is 0 Å². The van der Waals surface area contributed by atoms with Gasteiger partial charge in [0.1, 0.15) is 0 Å². The van der Waals surface area contributed by atoms with Crippen LogP contribution in [0, 0.1) is 11.8 Å². The summed E-state index contributed by atoms with van der Waals surface area (Å²) in [6.07, 6.45) is 0. The lowest BCUT2D eigenvalue weighted by molar-refractivity contribution is -0.120. The Hall–Kier alpha value is -0.700. The molecule has 1 aromatic rings. The van der Waals surface area contributed by atoms with Gasteiger partial charge in [-0.2, -0.15) is 0 Å². The number of anilines is 1. The number of hydrogen-bond donors (Lipinski definition) is 0. The Morgan fingerprint density at radius 1 is 1.11 bits per heavy atom. The van der Waals surface area contributed by atoms with Gasteiger partial charge in [-0.1, -0.05) is 55.2 Å². The molecule has 0 aromatic heterocycles. The van der Waals surface area contributed by atoms with Crippen molar-refractivity contribution < 1.29 is 4.79 Å². The van der Waals surface area contributed by atoms with Gasteiger partial charge in [-0.15, -0.1) is 0 Å². The summed E-state index contributed by atoms with van der Waals surface area (Å²) in [7, 11) is 0. The van der Waals surface area contributed by atoms with Crippen molar-refractivity contribution in [1.82, 2.24) is 0 Å². The zero-order chi connectivity index (χ0) is 13.6. The molecule has 1 heterocycles. The molecule has 0 aliphatic carbocycles. The van der Waals surface area contributed by atoms with E-state index in [1.165, 1.54) is 4.90 Å². The summed E-state index contributed by atoms with van der Waals surface area (Å²) in [5, 5.41) is 1.14. The summed E-state index contributed by atoms with van der Waals surface area (Å²) in [5.41, 5.74) is 1.17. The monoisotopic (exact) mass is 303 g/mol. The summed E-state index contributed by atoms with van der Waals surface area (Å²) in [4.78, 5) is 13.7. The average Bonchev–Trinajstić information content (AvgIpc) is 2.45. The van der Waals surface area contributed by atoms with Crippen molar-refractivity contribution in [1.29, 1.82) is 0 Å². The lowest BCUT2D eigenvalue weighted by Gasteiger charge is -2.21. The van der Waals surface area contributed by atoms with Crippen LogP contribution in [0.3, 0.4) is 0 Å². The molecule has 96 valence electrons. The fourth-order valence-electron chi connectivity index (χ4n) is 2.05. The maximum Gasteiger partial charge on any atom is 0.234 e. The van der Waals surface area contributed by atoms with Crippen LogP contribution in [-0.4, -0.2) is 5.91 Å². The molecule has 1 amide bonds. The molecule has 0 N–H and O–H groups in total. The maximum atomic E-state index is 12.2. The minimum absolute atomic E-state index is 0.0429. The zero-order valence-electron chi connectivity index (χ0n) is 10.0. The molecule has 2 unspecified atom stereocenters. The molecule has 2 nitrogen and oxygen atoms in total. The van der Waals surface area contributed by atoms with Crippen LogP contribution < -0.4 is 4.90 Å². The molecule has 1 aliphatic rings. The molecule has 0 saturated carbocycles. The van der Waals surface area contributed by atoms with Gasteiger partial charge in [0.05, 0.1) is 15.7 Å². The number of benzene rings is 1. The number of nitrogens with zero attached hydrogens (tertiary/aromatic N) is 1. The van der Waals surface area contributed by atoms with Crippen molar-refractivity contribution >= 4 is 46.4 Å². The molecule has 18 heavy (non-hydrogen) atoms. The van der Waals surface area contributed by atoms with E-state index in [1.807, 2.05) is 13.8 Å². The Bertz CT molecular complexity index is 498. The fourth-order valence-corrected chi connectivity index (χ4v) is 3.04. The molecule has 2 rings (SSSR count). The lowest BCUT2D eigenvalue weighted by Crippen LogP contribution is -2.25. The highest BCUT2D eigenvalue weighted by Crippen LogP contribution is 2.44. The Morgan fingerprint density at radius 3 is 2.00 bits per heavy atom. The third-order valence-electron chi connectivity index (χ3n) is 3.38. The van der Waals surface area contributed by atoms with Gasteiger partial charge in [-0.05, 0) is 12.1 Å². The Kier molecular flexibility index (Phi) is 3.63. The first-order valence-electron chi connectivity index (χ1n) is 5.52. The first kappa shape index (κ1) is 13.7. The Morgan fingerprint density at radius 2 is 1.61 bits per heavy atom. The topological polar surface area (TPSA) is 20.3 Å². The number of rotatable bonds is 1. The van der Waals surface area contributed by atoms with E-state index >= 15 is 0 Å². The third kappa shape index (κ3) is 2.03. The minimum atomic E-state index is -0.125. The largest absolute Gasteiger partial charge is 0.282 e. The molecule has 1 saturated heterocycles. The van der Waals surface area contributed by atoms with Gasteiger partial charge in [-0.3, -0.25) is 9.69 Å². The average molecular weight is 305 g/mol. The summed E-state index contributed by atoms with van der Waals surface area (Å²) in [6, 6.07) is 3.14. The van der Waals surface area contributed by atoms with Crippen molar-refractivity contribution in [2.75, 3.05) is 4.90 Å². The first-order valence-corrected chi connectivity index (χ1v) is 6.65. The van der Waals surface area contributed by atoms with Gasteiger partial charge in [0.2, 0.25) is 5.91 Å². The highest BCUT2D eigenvalue weighted by atomic mass is 35.5. The predicted molar refractivity (Wildman–Crippen MR) is 76.4 cm³/mol. The molecule has 0 radical (unpaired) electrons. The number of allylic oxidation sites excluding steroid dienone is 1. The zero-order valence-corrected chi connectivity index (χ0v) is 12.3. The van der Waals surface area contributed by atoms with E-state index in [0.717, 1.165) is 0 Å². The first-order chi connectivity index (χ1) is 8.34. The van der Waals surface area contributed by atoms with E-state index in [1.54, 1.807) is 12.1 Å². The molecular formula is C13H12Cl3NO. The van der Waals surface area contributed by atoms with Crippen LogP contribution in [0.2, 0.25) is 15.1 Å². The molecule has 2 atom stereocenters. The molecule has 0 spiro atoms. The second-order valence-electron chi connectivity index (χ2n) is 4.46. The van der Waals surface area contributed by atoms with Crippen LogP contribution >= 0.6 is 34.8 Å². The minimum Gasteiger partial charge on any atom is -0.282 e. The summed E-state index contributed by atoms with van der Waals surface area (Å²) in [5.74, 6) is -0.0979. The molecule has 5 heteroatoms. The van der Waals surface area contributed by atoms with E-state index in [-0.39, 0.29) is 17.7 Å². The Balaban J connectivity index is 2.57. The molecule has 1 aliphatic heterocycles. The SMILES string of the molecule is C=C1C(C)C(C)C(=O)N1c1c(Cl)cc(Cl)cc1Cl. The van der Waals surface area contributed by atoms with Crippen LogP contribution in [-0.2, 0) is 4.79 Å². The lowest BCUT2D eigenvalue weighted by atomic mass is 9.98. The smallest absolute Gasteiger partial charge is 0.234 e. The van der Waals surface area contributed by atoms with Crippen LogP contribution in [0.15, 0.2) is 24.4 Å². The molecule has 0 bridgehead atoms. The van der Waals surface area contributed by atoms with Crippen LogP contribution in [0.1, 0.15) is 13.8 Å². The van der Waals surface area contributed by atoms with Crippen molar-refractivity contribution in [3.63, 3.8) is 0 Å². The highest BCUT2D eigenvalue weighted by Gasteiger charge is 2.40. The summed E-state index contributed by atoms with van der Waals surface area (Å²) < 4.78 is 0. The normalized spacial score (nSPS) is 23.9. The number of carbonyl (C=O) groups is 1.